The van der Waals surface area contributed by atoms with Gasteiger partial charge in [0.1, 0.15) is 24.4 Å². The highest BCUT2D eigenvalue weighted by atomic mass is 16.7. The van der Waals surface area contributed by atoms with Gasteiger partial charge in [-0.25, -0.2) is 0 Å². The maximum absolute atomic E-state index is 13.1. The Balaban J connectivity index is 2.20. The van der Waals surface area contributed by atoms with Crippen molar-refractivity contribution in [2.45, 2.75) is 326 Å². The number of ether oxygens (including phenoxy) is 2. The van der Waals surface area contributed by atoms with Gasteiger partial charge in [-0.2, -0.15) is 0 Å². The fraction of sp³-hybridized carbons (Fsp3) is 0.779. The number of allylic oxidation sites excluding steroid dienone is 13. The van der Waals surface area contributed by atoms with Gasteiger partial charge in [-0.15, -0.1) is 0 Å². The second-order valence-electron chi connectivity index (χ2n) is 22.2. The molecule has 1 fully saturated rings. The highest BCUT2D eigenvalue weighted by Gasteiger charge is 2.44. The van der Waals surface area contributed by atoms with Crippen LogP contribution in [-0.4, -0.2) is 87.5 Å². The van der Waals surface area contributed by atoms with E-state index in [2.05, 4.69) is 92.1 Å². The number of carbonyl (C=O) groups is 1. The van der Waals surface area contributed by atoms with Crippen LogP contribution in [0.4, 0.5) is 0 Å². The van der Waals surface area contributed by atoms with Crippen molar-refractivity contribution in [3.63, 3.8) is 0 Å². The second-order valence-corrected chi connectivity index (χ2v) is 22.2. The van der Waals surface area contributed by atoms with Crippen LogP contribution in [-0.2, 0) is 14.3 Å². The minimum absolute atomic E-state index is 0.188. The quantitative estimate of drug-likeness (QED) is 0.0261. The van der Waals surface area contributed by atoms with Crippen LogP contribution in [0.2, 0.25) is 0 Å². The van der Waals surface area contributed by atoms with Gasteiger partial charge in [0.2, 0.25) is 5.91 Å². The SMILES string of the molecule is CC/C=C\C/C=C\C/C=C\C/C=C\C/C=C\CCCCCCCCCCCCCCCC(=O)NC(COC1OC(CO)C(O)C(O)C1O)C(O)/C=C/CC/C=C/CCCCCCCCCCCCCCCCCCCCC. The fourth-order valence-corrected chi connectivity index (χ4v) is 9.91. The molecule has 0 bridgehead atoms. The Morgan fingerprint density at radius 1 is 0.455 bits per heavy atom. The number of aliphatic hydroxyl groups is 5. The highest BCUT2D eigenvalue weighted by Crippen LogP contribution is 2.23. The van der Waals surface area contributed by atoms with E-state index in [1.54, 1.807) is 6.08 Å². The van der Waals surface area contributed by atoms with Gasteiger partial charge >= 0.3 is 0 Å². The van der Waals surface area contributed by atoms with Crippen molar-refractivity contribution < 1.29 is 39.8 Å². The topological polar surface area (TPSA) is 149 Å². The van der Waals surface area contributed by atoms with Crippen LogP contribution in [0.5, 0.6) is 0 Å². The number of amides is 1. The first-order valence-corrected chi connectivity index (χ1v) is 32.3. The third kappa shape index (κ3) is 45.8. The summed E-state index contributed by atoms with van der Waals surface area (Å²) >= 11 is 0. The number of hydrogen-bond donors (Lipinski definition) is 6. The van der Waals surface area contributed by atoms with Gasteiger partial charge in [0, 0.05) is 6.42 Å². The molecular weight excluding hydrogens is 959 g/mol. The normalized spacial score (nSPS) is 19.3. The molecule has 0 radical (unpaired) electrons. The molecule has 1 heterocycles. The Labute approximate surface area is 473 Å². The summed E-state index contributed by atoms with van der Waals surface area (Å²) in [5, 5.41) is 54.7. The monoisotopic (exact) mass is 1080 g/mol. The van der Waals surface area contributed by atoms with E-state index < -0.39 is 49.5 Å². The van der Waals surface area contributed by atoms with Gasteiger partial charge in [-0.1, -0.05) is 285 Å². The van der Waals surface area contributed by atoms with Crippen molar-refractivity contribution in [2.75, 3.05) is 13.2 Å². The molecule has 1 aliphatic heterocycles. The standard InChI is InChI=1S/C68H121NO8/c1-3-5-7-9-11-13-15-17-19-21-23-25-27-29-30-31-32-34-36-38-40-42-44-46-48-50-52-54-56-58-64(72)69-61(60-76-68-67(75)66(74)65(73)63(59-70)77-68)62(71)57-55-53-51-49-47-45-43-41-39-37-35-33-28-26-24-22-20-18-16-14-12-10-8-6-4-2/h5,7,11,13,17,19,23,25,29-30,47,49,55,57,61-63,65-68,70-71,73-75H,3-4,6,8-10,12,14-16,18,20-22,24,26-28,31-46,48,50-54,56,58-60H2,1-2H3,(H,69,72)/b7-5-,13-11-,19-17-,25-23-,30-29-,49-47+,57-55+. The summed E-state index contributed by atoms with van der Waals surface area (Å²) in [7, 11) is 0. The van der Waals surface area contributed by atoms with Crippen molar-refractivity contribution in [3.05, 3.63) is 85.1 Å². The summed E-state index contributed by atoms with van der Waals surface area (Å²) < 4.78 is 11.3. The number of carbonyl (C=O) groups excluding carboxylic acids is 1. The molecule has 1 aliphatic rings. The van der Waals surface area contributed by atoms with Gasteiger partial charge in [0.15, 0.2) is 6.29 Å². The van der Waals surface area contributed by atoms with E-state index in [0.717, 1.165) is 70.6 Å². The molecule has 1 amide bonds. The molecule has 0 aromatic rings. The largest absolute Gasteiger partial charge is 0.394 e. The number of unbranched alkanes of at least 4 members (excludes halogenated alkanes) is 33. The lowest BCUT2D eigenvalue weighted by atomic mass is 9.99. The van der Waals surface area contributed by atoms with Crippen molar-refractivity contribution in [1.82, 2.24) is 5.32 Å². The highest BCUT2D eigenvalue weighted by molar-refractivity contribution is 5.76. The van der Waals surface area contributed by atoms with E-state index in [1.807, 2.05) is 6.08 Å². The summed E-state index contributed by atoms with van der Waals surface area (Å²) in [6, 6.07) is -0.828. The zero-order valence-corrected chi connectivity index (χ0v) is 49.7. The molecule has 0 saturated carbocycles. The van der Waals surface area contributed by atoms with Gasteiger partial charge in [-0.05, 0) is 77.0 Å². The van der Waals surface area contributed by atoms with Crippen molar-refractivity contribution in [1.29, 1.82) is 0 Å². The molecule has 7 unspecified atom stereocenters. The van der Waals surface area contributed by atoms with Crippen LogP contribution in [0.15, 0.2) is 85.1 Å². The molecule has 0 aromatic heterocycles. The zero-order chi connectivity index (χ0) is 55.8. The molecule has 7 atom stereocenters. The minimum atomic E-state index is -1.58. The Bertz CT molecular complexity index is 1490. The Hall–Kier alpha value is -2.63. The number of hydrogen-bond acceptors (Lipinski definition) is 8. The molecule has 0 aromatic carbocycles. The summed E-state index contributed by atoms with van der Waals surface area (Å²) in [5.41, 5.74) is 0. The molecular formula is C68H121NO8. The van der Waals surface area contributed by atoms with Crippen LogP contribution >= 0.6 is 0 Å². The molecule has 446 valence electrons. The predicted molar refractivity (Wildman–Crippen MR) is 327 cm³/mol. The van der Waals surface area contributed by atoms with Gasteiger partial charge in [0.25, 0.3) is 0 Å². The van der Waals surface area contributed by atoms with Gasteiger partial charge < -0.3 is 40.3 Å². The van der Waals surface area contributed by atoms with Crippen molar-refractivity contribution in [3.8, 4) is 0 Å². The molecule has 77 heavy (non-hydrogen) atoms. The number of nitrogens with one attached hydrogen (secondary N) is 1. The average Bonchev–Trinajstić information content (AvgIpc) is 3.43. The Kier molecular flexibility index (Phi) is 53.2. The van der Waals surface area contributed by atoms with Crippen molar-refractivity contribution in [2.24, 2.45) is 0 Å². The van der Waals surface area contributed by atoms with Crippen LogP contribution in [0, 0.1) is 0 Å². The van der Waals surface area contributed by atoms with Crippen LogP contribution in [0.25, 0.3) is 0 Å². The molecule has 1 rings (SSSR count). The molecule has 9 heteroatoms. The summed E-state index contributed by atoms with van der Waals surface area (Å²) in [6.07, 6.45) is 73.8. The number of aliphatic hydroxyl groups excluding tert-OH is 5. The molecule has 6 N–H and O–H groups in total. The molecule has 0 spiro atoms. The Morgan fingerprint density at radius 3 is 1.25 bits per heavy atom. The maximum atomic E-state index is 13.1. The van der Waals surface area contributed by atoms with Crippen molar-refractivity contribution >= 4 is 5.91 Å². The molecule has 9 nitrogen and oxygen atoms in total. The third-order valence-corrected chi connectivity index (χ3v) is 15.0. The number of rotatable bonds is 55. The molecule has 1 saturated heterocycles. The fourth-order valence-electron chi connectivity index (χ4n) is 9.91. The lowest BCUT2D eigenvalue weighted by Crippen LogP contribution is -2.60. The van der Waals surface area contributed by atoms with E-state index in [4.69, 9.17) is 9.47 Å². The molecule has 0 aliphatic carbocycles. The van der Waals surface area contributed by atoms with E-state index in [0.29, 0.717) is 6.42 Å². The van der Waals surface area contributed by atoms with E-state index in [-0.39, 0.29) is 12.5 Å². The first-order chi connectivity index (χ1) is 37.8. The smallest absolute Gasteiger partial charge is 0.220 e. The Morgan fingerprint density at radius 2 is 0.818 bits per heavy atom. The first kappa shape index (κ1) is 72.4. The lowest BCUT2D eigenvalue weighted by Gasteiger charge is -2.40. The van der Waals surface area contributed by atoms with E-state index in [1.165, 1.54) is 193 Å². The third-order valence-electron chi connectivity index (χ3n) is 15.0. The van der Waals surface area contributed by atoms with E-state index >= 15 is 0 Å². The first-order valence-electron chi connectivity index (χ1n) is 32.3. The summed E-state index contributed by atoms with van der Waals surface area (Å²) in [5.74, 6) is -0.188. The minimum Gasteiger partial charge on any atom is -0.394 e. The predicted octanol–water partition coefficient (Wildman–Crippen LogP) is 17.0. The van der Waals surface area contributed by atoms with Crippen LogP contribution in [0.1, 0.15) is 284 Å². The average molecular weight is 1080 g/mol. The second kappa shape index (κ2) is 56.6. The van der Waals surface area contributed by atoms with Crippen LogP contribution < -0.4 is 5.32 Å². The van der Waals surface area contributed by atoms with Gasteiger partial charge in [-0.3, -0.25) is 4.79 Å². The van der Waals surface area contributed by atoms with Crippen LogP contribution in [0.3, 0.4) is 0 Å². The maximum Gasteiger partial charge on any atom is 0.220 e. The van der Waals surface area contributed by atoms with E-state index in [9.17, 15) is 30.3 Å². The van der Waals surface area contributed by atoms with Gasteiger partial charge in [0.05, 0.1) is 25.4 Å². The summed E-state index contributed by atoms with van der Waals surface area (Å²) in [6.45, 7) is 3.68. The summed E-state index contributed by atoms with van der Waals surface area (Å²) in [4.78, 5) is 13.1. The zero-order valence-electron chi connectivity index (χ0n) is 49.7. The lowest BCUT2D eigenvalue weighted by molar-refractivity contribution is -0.302.